The molecule has 0 atom stereocenters. The lowest BCUT2D eigenvalue weighted by Gasteiger charge is -2.23. The van der Waals surface area contributed by atoms with Gasteiger partial charge in [-0.2, -0.15) is 22.7 Å². The van der Waals surface area contributed by atoms with E-state index in [1.807, 2.05) is 64.0 Å². The molecule has 1 aliphatic carbocycles. The maximum absolute atomic E-state index is 13.3. The molecule has 4 heteroatoms. The average molecular weight is 545 g/mol. The zero-order valence-electron chi connectivity index (χ0n) is 22.8. The normalized spacial score (nSPS) is 11.5. The molecule has 0 bridgehead atoms. The summed E-state index contributed by atoms with van der Waals surface area (Å²) in [6.45, 7) is 4.43. The van der Waals surface area contributed by atoms with Crippen LogP contribution in [0.4, 0.5) is 0 Å². The van der Waals surface area contributed by atoms with Crippen molar-refractivity contribution in [2.45, 2.75) is 78.1 Å². The van der Waals surface area contributed by atoms with Gasteiger partial charge in [-0.25, -0.2) is 0 Å². The molecule has 0 saturated carbocycles. The summed E-state index contributed by atoms with van der Waals surface area (Å²) in [6, 6.07) is 19.3. The first-order chi connectivity index (χ1) is 18.7. The highest BCUT2D eigenvalue weighted by atomic mass is 32.1. The van der Waals surface area contributed by atoms with Crippen LogP contribution in [0.25, 0.3) is 0 Å². The quantitative estimate of drug-likeness (QED) is 0.164. The van der Waals surface area contributed by atoms with E-state index in [1.165, 1.54) is 44.1 Å². The summed E-state index contributed by atoms with van der Waals surface area (Å²) in [7, 11) is 0. The molecule has 0 N–H and O–H groups in total. The molecule has 0 unspecified atom stereocenters. The maximum atomic E-state index is 13.3. The van der Waals surface area contributed by atoms with Crippen LogP contribution >= 0.6 is 22.7 Å². The Labute approximate surface area is 236 Å². The second-order valence-electron chi connectivity index (χ2n) is 9.54. The third kappa shape index (κ3) is 8.61. The zero-order valence-corrected chi connectivity index (χ0v) is 24.4. The summed E-state index contributed by atoms with van der Waals surface area (Å²) in [5.41, 5.74) is 4.81. The fraction of sp³-hybridized carbons (Fsp3) is 0.353. The molecule has 0 saturated heterocycles. The highest BCUT2D eigenvalue weighted by Gasteiger charge is 2.32. The zero-order chi connectivity index (χ0) is 27.0. The molecule has 2 aromatic carbocycles. The van der Waals surface area contributed by atoms with Crippen LogP contribution in [0.1, 0.15) is 108 Å². The Kier molecular flexibility index (Phi) is 13.2. The Morgan fingerprint density at radius 2 is 1.05 bits per heavy atom. The molecule has 38 heavy (non-hydrogen) atoms. The highest BCUT2D eigenvalue weighted by molar-refractivity contribution is 7.08. The minimum atomic E-state index is -0.00228. The van der Waals surface area contributed by atoms with Crippen molar-refractivity contribution in [2.75, 3.05) is 0 Å². The van der Waals surface area contributed by atoms with Gasteiger partial charge in [0.05, 0.1) is 0 Å². The number of carbonyl (C=O) groups is 2. The Balaban J connectivity index is 0.000000330. The number of benzene rings is 2. The Morgan fingerprint density at radius 1 is 0.526 bits per heavy atom. The van der Waals surface area contributed by atoms with Gasteiger partial charge in [0.25, 0.3) is 0 Å². The van der Waals surface area contributed by atoms with Crippen LogP contribution in [0.5, 0.6) is 0 Å². The van der Waals surface area contributed by atoms with Crippen molar-refractivity contribution in [3.05, 3.63) is 116 Å². The summed E-state index contributed by atoms with van der Waals surface area (Å²) in [5, 5.41) is 8.17. The van der Waals surface area contributed by atoms with E-state index in [0.29, 0.717) is 22.3 Å². The molecule has 1 aliphatic rings. The smallest absolute Gasteiger partial charge is 0.194 e. The number of unbranched alkanes of at least 4 members (excludes halogenated alkanes) is 6. The third-order valence-electron chi connectivity index (χ3n) is 6.73. The first-order valence-electron chi connectivity index (χ1n) is 14.0. The Morgan fingerprint density at radius 3 is 1.55 bits per heavy atom. The van der Waals surface area contributed by atoms with Crippen LogP contribution in [0.2, 0.25) is 0 Å². The first-order valence-corrected chi connectivity index (χ1v) is 15.8. The van der Waals surface area contributed by atoms with Crippen molar-refractivity contribution in [3.63, 3.8) is 0 Å². The standard InChI is InChI=1S/C26H32O2.2C4H4S/c1-3-5-7-9-13-19-17-18-23-24(20(19)14-10-8-6-4-2)26(28)22-16-12-11-15-21(22)25(23)27;2*1-2-4-5-3-1/h11-12,15-18H,3-10,13-14H2,1-2H3;2*1-4H. The lowest BCUT2D eigenvalue weighted by Crippen LogP contribution is -2.23. The fourth-order valence-corrected chi connectivity index (χ4v) is 5.65. The van der Waals surface area contributed by atoms with Gasteiger partial charge in [-0.1, -0.05) is 107 Å². The SMILES string of the molecule is CCCCCCc1ccc2c(c1CCCCCC)C(=O)c1ccccc1C2=O.c1ccsc1.c1ccsc1. The number of carbonyl (C=O) groups excluding carboxylic acids is 2. The topological polar surface area (TPSA) is 34.1 Å². The number of thiophene rings is 2. The largest absolute Gasteiger partial charge is 0.289 e. The van der Waals surface area contributed by atoms with Crippen LogP contribution in [0.3, 0.4) is 0 Å². The van der Waals surface area contributed by atoms with Gasteiger partial charge >= 0.3 is 0 Å². The summed E-state index contributed by atoms with van der Waals surface area (Å²) >= 11 is 3.43. The van der Waals surface area contributed by atoms with E-state index in [-0.39, 0.29) is 11.6 Å². The third-order valence-corrected chi connectivity index (χ3v) is 7.99. The molecule has 0 spiro atoms. The predicted molar refractivity (Wildman–Crippen MR) is 164 cm³/mol. The average Bonchev–Trinajstić information content (AvgIpc) is 3.72. The number of rotatable bonds is 10. The van der Waals surface area contributed by atoms with Crippen molar-refractivity contribution >= 4 is 34.2 Å². The van der Waals surface area contributed by atoms with Gasteiger partial charge in [0.15, 0.2) is 11.6 Å². The second-order valence-corrected chi connectivity index (χ2v) is 11.2. The van der Waals surface area contributed by atoms with E-state index >= 15 is 0 Å². The second kappa shape index (κ2) is 16.9. The predicted octanol–water partition coefficient (Wildman–Crippen LogP) is 10.2. The fourth-order valence-electron chi connectivity index (χ4n) is 4.74. The summed E-state index contributed by atoms with van der Waals surface area (Å²) in [5.74, 6) is 0.0311. The summed E-state index contributed by atoms with van der Waals surface area (Å²) < 4.78 is 0. The van der Waals surface area contributed by atoms with Crippen LogP contribution in [-0.4, -0.2) is 11.6 Å². The van der Waals surface area contributed by atoms with E-state index in [4.69, 9.17) is 0 Å². The van der Waals surface area contributed by atoms with Gasteiger partial charge in [0.1, 0.15) is 0 Å². The van der Waals surface area contributed by atoms with Crippen molar-refractivity contribution in [1.29, 1.82) is 0 Å². The monoisotopic (exact) mass is 544 g/mol. The number of ketones is 2. The molecule has 4 aromatic rings. The van der Waals surface area contributed by atoms with Crippen molar-refractivity contribution < 1.29 is 9.59 Å². The van der Waals surface area contributed by atoms with Crippen LogP contribution in [-0.2, 0) is 12.8 Å². The number of aryl methyl sites for hydroxylation is 1. The van der Waals surface area contributed by atoms with Crippen molar-refractivity contribution in [1.82, 2.24) is 0 Å². The molecule has 2 nitrogen and oxygen atoms in total. The van der Waals surface area contributed by atoms with Crippen molar-refractivity contribution in [3.8, 4) is 0 Å². The molecule has 0 amide bonds. The van der Waals surface area contributed by atoms with Crippen LogP contribution in [0, 0.1) is 0 Å². The number of fused-ring (bicyclic) bond motifs is 2. The molecule has 0 fully saturated rings. The van der Waals surface area contributed by atoms with Crippen LogP contribution in [0.15, 0.2) is 82.2 Å². The number of hydrogen-bond donors (Lipinski definition) is 0. The van der Waals surface area contributed by atoms with Gasteiger partial charge in [-0.3, -0.25) is 9.59 Å². The number of hydrogen-bond acceptors (Lipinski definition) is 4. The van der Waals surface area contributed by atoms with Gasteiger partial charge < -0.3 is 0 Å². The molecule has 0 radical (unpaired) electrons. The molecule has 5 rings (SSSR count). The lowest BCUT2D eigenvalue weighted by molar-refractivity contribution is 0.0978. The van der Waals surface area contributed by atoms with Gasteiger partial charge in [-0.15, -0.1) is 0 Å². The first kappa shape index (κ1) is 29.7. The van der Waals surface area contributed by atoms with E-state index in [1.54, 1.807) is 34.8 Å². The lowest BCUT2D eigenvalue weighted by atomic mass is 9.78. The minimum Gasteiger partial charge on any atom is -0.289 e. The minimum absolute atomic E-state index is 0.00228. The molecule has 2 aromatic heterocycles. The highest BCUT2D eigenvalue weighted by Crippen LogP contribution is 2.33. The Hall–Kier alpha value is -2.82. The van der Waals surface area contributed by atoms with E-state index in [0.717, 1.165) is 31.2 Å². The summed E-state index contributed by atoms with van der Waals surface area (Å²) in [6.07, 6.45) is 11.4. The molecule has 2 heterocycles. The van der Waals surface area contributed by atoms with Gasteiger partial charge in [-0.05, 0) is 64.4 Å². The van der Waals surface area contributed by atoms with Gasteiger partial charge in [0.2, 0.25) is 0 Å². The van der Waals surface area contributed by atoms with Crippen LogP contribution < -0.4 is 0 Å². The molecule has 0 aliphatic heterocycles. The van der Waals surface area contributed by atoms with E-state index in [9.17, 15) is 9.59 Å². The molecular weight excluding hydrogens is 505 g/mol. The molecular formula is C34H40O2S2. The maximum Gasteiger partial charge on any atom is 0.194 e. The Bertz CT molecular complexity index is 1160. The van der Waals surface area contributed by atoms with Gasteiger partial charge in [0, 0.05) is 22.3 Å². The van der Waals surface area contributed by atoms with E-state index in [2.05, 4.69) is 19.9 Å². The van der Waals surface area contributed by atoms with Crippen molar-refractivity contribution in [2.24, 2.45) is 0 Å². The summed E-state index contributed by atoms with van der Waals surface area (Å²) in [4.78, 5) is 26.4. The molecule has 200 valence electrons. The van der Waals surface area contributed by atoms with E-state index < -0.39 is 0 Å².